The number of ether oxygens (including phenoxy) is 1. The van der Waals surface area contributed by atoms with E-state index in [1.807, 2.05) is 29.6 Å². The zero-order valence-electron chi connectivity index (χ0n) is 10.3. The van der Waals surface area contributed by atoms with Crippen LogP contribution >= 0.6 is 22.9 Å². The van der Waals surface area contributed by atoms with Gasteiger partial charge in [0.2, 0.25) is 0 Å². The maximum Gasteiger partial charge on any atom is 0.122 e. The van der Waals surface area contributed by atoms with Gasteiger partial charge in [0.05, 0.1) is 17.7 Å². The minimum absolute atomic E-state index is 0.0286. The highest BCUT2D eigenvalue weighted by Gasteiger charge is 2.29. The Morgan fingerprint density at radius 2 is 2.21 bits per heavy atom. The van der Waals surface area contributed by atoms with Crippen LogP contribution in [0.2, 0.25) is 5.02 Å². The number of nitrogens with one attached hydrogen (secondary N) is 1. The Kier molecular flexibility index (Phi) is 3.75. The van der Waals surface area contributed by atoms with Gasteiger partial charge in [-0.3, -0.25) is 11.3 Å². The van der Waals surface area contributed by atoms with Gasteiger partial charge in [-0.1, -0.05) is 29.8 Å². The largest absolute Gasteiger partial charge is 0.493 e. The van der Waals surface area contributed by atoms with E-state index in [0.29, 0.717) is 6.61 Å². The first-order valence-electron chi connectivity index (χ1n) is 6.19. The van der Waals surface area contributed by atoms with Crippen LogP contribution in [0.3, 0.4) is 0 Å². The third kappa shape index (κ3) is 2.49. The van der Waals surface area contributed by atoms with Crippen LogP contribution in [0.1, 0.15) is 16.5 Å². The van der Waals surface area contributed by atoms with Gasteiger partial charge in [-0.2, -0.15) is 0 Å². The maximum absolute atomic E-state index is 6.21. The molecule has 100 valence electrons. The van der Waals surface area contributed by atoms with E-state index in [1.165, 1.54) is 5.56 Å². The number of halogens is 1. The number of thiophene rings is 1. The van der Waals surface area contributed by atoms with E-state index in [0.717, 1.165) is 22.1 Å². The van der Waals surface area contributed by atoms with Gasteiger partial charge in [-0.15, -0.1) is 11.3 Å². The van der Waals surface area contributed by atoms with Crippen molar-refractivity contribution >= 4 is 22.9 Å². The lowest BCUT2D eigenvalue weighted by molar-refractivity contribution is 0.186. The summed E-state index contributed by atoms with van der Waals surface area (Å²) in [5.41, 5.74) is 4.12. The van der Waals surface area contributed by atoms with Crippen LogP contribution in [0.5, 0.6) is 5.75 Å². The fraction of sp³-hybridized carbons (Fsp3) is 0.286. The van der Waals surface area contributed by atoms with Gasteiger partial charge >= 0.3 is 0 Å². The summed E-state index contributed by atoms with van der Waals surface area (Å²) in [6.07, 6.45) is 0.944. The second-order valence-corrected chi connectivity index (χ2v) is 6.01. The van der Waals surface area contributed by atoms with Crippen LogP contribution in [-0.4, -0.2) is 6.61 Å². The lowest BCUT2D eigenvalue weighted by Crippen LogP contribution is -2.38. The van der Waals surface area contributed by atoms with Crippen LogP contribution in [0.15, 0.2) is 35.7 Å². The molecule has 2 unspecified atom stereocenters. The minimum Gasteiger partial charge on any atom is -0.493 e. The van der Waals surface area contributed by atoms with E-state index in [-0.39, 0.29) is 12.0 Å². The molecule has 0 saturated carbocycles. The Bertz CT molecular complexity index is 572. The molecule has 0 amide bonds. The SMILES string of the molecule is NNC(c1sccc1Cl)C1COc2ccccc2C1. The van der Waals surface area contributed by atoms with Crippen molar-refractivity contribution in [2.24, 2.45) is 11.8 Å². The lowest BCUT2D eigenvalue weighted by atomic mass is 9.90. The van der Waals surface area contributed by atoms with Crippen molar-refractivity contribution in [3.8, 4) is 5.75 Å². The van der Waals surface area contributed by atoms with Gasteiger partial charge in [0.25, 0.3) is 0 Å². The number of para-hydroxylation sites is 1. The lowest BCUT2D eigenvalue weighted by Gasteiger charge is -2.31. The Morgan fingerprint density at radius 1 is 1.37 bits per heavy atom. The molecule has 0 saturated heterocycles. The minimum atomic E-state index is 0.0286. The molecular formula is C14H15ClN2OS. The van der Waals surface area contributed by atoms with E-state index >= 15 is 0 Å². The Balaban J connectivity index is 1.85. The van der Waals surface area contributed by atoms with Crippen LogP contribution in [0, 0.1) is 5.92 Å². The van der Waals surface area contributed by atoms with Crippen LogP contribution in [0.4, 0.5) is 0 Å². The van der Waals surface area contributed by atoms with Crippen LogP contribution in [0.25, 0.3) is 0 Å². The number of hydrogen-bond acceptors (Lipinski definition) is 4. The predicted molar refractivity (Wildman–Crippen MR) is 78.5 cm³/mol. The summed E-state index contributed by atoms with van der Waals surface area (Å²) in [5.74, 6) is 6.99. The Hall–Kier alpha value is -1.07. The third-order valence-electron chi connectivity index (χ3n) is 3.49. The summed E-state index contributed by atoms with van der Waals surface area (Å²) >= 11 is 7.83. The van der Waals surface area contributed by atoms with Crippen LogP contribution < -0.4 is 16.0 Å². The summed E-state index contributed by atoms with van der Waals surface area (Å²) in [6.45, 7) is 0.653. The molecule has 5 heteroatoms. The zero-order chi connectivity index (χ0) is 13.2. The first-order valence-corrected chi connectivity index (χ1v) is 7.45. The number of nitrogens with two attached hydrogens (primary N) is 1. The summed E-state index contributed by atoms with van der Waals surface area (Å²) in [4.78, 5) is 1.08. The van der Waals surface area contributed by atoms with Crippen molar-refractivity contribution in [2.75, 3.05) is 6.61 Å². The molecule has 1 aromatic carbocycles. The highest BCUT2D eigenvalue weighted by atomic mass is 35.5. The monoisotopic (exact) mass is 294 g/mol. The normalized spacial score (nSPS) is 19.6. The molecule has 1 aliphatic heterocycles. The summed E-state index contributed by atoms with van der Waals surface area (Å²) < 4.78 is 5.82. The van der Waals surface area contributed by atoms with Gasteiger partial charge in [0.1, 0.15) is 5.75 Å². The molecule has 2 heterocycles. The first kappa shape index (κ1) is 12.9. The van der Waals surface area contributed by atoms with Gasteiger partial charge < -0.3 is 4.74 Å². The molecule has 19 heavy (non-hydrogen) atoms. The standard InChI is InChI=1S/C14H15ClN2OS/c15-11-5-6-19-14(11)13(17-16)10-7-9-3-1-2-4-12(9)18-8-10/h1-6,10,13,17H,7-8,16H2. The molecule has 1 aliphatic rings. The number of benzene rings is 1. The number of hydrazine groups is 1. The second-order valence-electron chi connectivity index (χ2n) is 4.66. The molecule has 2 atom stereocenters. The van der Waals surface area contributed by atoms with E-state index in [1.54, 1.807) is 11.3 Å². The highest BCUT2D eigenvalue weighted by molar-refractivity contribution is 7.10. The fourth-order valence-corrected chi connectivity index (χ4v) is 3.85. The Labute approximate surface area is 121 Å². The molecule has 1 aromatic heterocycles. The molecule has 0 bridgehead atoms. The molecule has 0 aliphatic carbocycles. The third-order valence-corrected chi connectivity index (χ3v) is 4.93. The predicted octanol–water partition coefficient (Wildman–Crippen LogP) is 3.16. The number of rotatable bonds is 3. The molecule has 3 rings (SSSR count). The Morgan fingerprint density at radius 3 is 2.95 bits per heavy atom. The highest BCUT2D eigenvalue weighted by Crippen LogP contribution is 2.37. The molecule has 0 radical (unpaired) electrons. The van der Waals surface area contributed by atoms with E-state index in [2.05, 4.69) is 11.5 Å². The maximum atomic E-state index is 6.21. The quantitative estimate of drug-likeness (QED) is 0.675. The van der Waals surface area contributed by atoms with Crippen molar-refractivity contribution in [1.82, 2.24) is 5.43 Å². The van der Waals surface area contributed by atoms with Gasteiger partial charge in [-0.25, -0.2) is 0 Å². The second kappa shape index (κ2) is 5.51. The van der Waals surface area contributed by atoms with Crippen molar-refractivity contribution in [1.29, 1.82) is 0 Å². The van der Waals surface area contributed by atoms with Gasteiger partial charge in [0, 0.05) is 10.8 Å². The summed E-state index contributed by atoms with van der Waals surface area (Å²) in [6, 6.07) is 10.1. The van der Waals surface area contributed by atoms with E-state index in [9.17, 15) is 0 Å². The molecule has 3 nitrogen and oxygen atoms in total. The summed E-state index contributed by atoms with van der Waals surface area (Å²) in [7, 11) is 0. The molecule has 2 aromatic rings. The molecule has 0 spiro atoms. The summed E-state index contributed by atoms with van der Waals surface area (Å²) in [5, 5.41) is 2.76. The average Bonchev–Trinajstić information content (AvgIpc) is 2.86. The number of hydrogen-bond donors (Lipinski definition) is 2. The van der Waals surface area contributed by atoms with Crippen LogP contribution in [-0.2, 0) is 6.42 Å². The molecular weight excluding hydrogens is 280 g/mol. The number of fused-ring (bicyclic) bond motifs is 1. The average molecular weight is 295 g/mol. The van der Waals surface area contributed by atoms with E-state index in [4.69, 9.17) is 22.2 Å². The smallest absolute Gasteiger partial charge is 0.122 e. The fourth-order valence-electron chi connectivity index (χ4n) is 2.52. The van der Waals surface area contributed by atoms with E-state index < -0.39 is 0 Å². The zero-order valence-corrected chi connectivity index (χ0v) is 11.9. The van der Waals surface area contributed by atoms with Crippen molar-refractivity contribution in [2.45, 2.75) is 12.5 Å². The molecule has 0 fully saturated rings. The first-order chi connectivity index (χ1) is 9.29. The van der Waals surface area contributed by atoms with Crippen molar-refractivity contribution < 1.29 is 4.74 Å². The molecule has 3 N–H and O–H groups in total. The van der Waals surface area contributed by atoms with Gasteiger partial charge in [0.15, 0.2) is 0 Å². The van der Waals surface area contributed by atoms with Crippen molar-refractivity contribution in [3.63, 3.8) is 0 Å². The topological polar surface area (TPSA) is 47.3 Å². The van der Waals surface area contributed by atoms with Gasteiger partial charge in [-0.05, 0) is 29.5 Å². The van der Waals surface area contributed by atoms with Crippen molar-refractivity contribution in [3.05, 3.63) is 51.2 Å².